The third-order valence-electron chi connectivity index (χ3n) is 9.62. The quantitative estimate of drug-likeness (QED) is 0.0914. The Kier molecular flexibility index (Phi) is 13.8. The molecule has 0 radical (unpaired) electrons. The molecule has 0 saturated carbocycles. The van der Waals surface area contributed by atoms with Crippen LogP contribution in [0.1, 0.15) is 95.9 Å². The number of hydrogen-bond acceptors (Lipinski definition) is 10. The molecule has 2 fully saturated rings. The summed E-state index contributed by atoms with van der Waals surface area (Å²) in [5, 5.41) is 23.9. The average molecular weight is 818 g/mol. The van der Waals surface area contributed by atoms with Gasteiger partial charge in [-0.3, -0.25) is 0 Å². The molecule has 314 valence electrons. The lowest BCUT2D eigenvalue weighted by Crippen LogP contribution is -2.37. The van der Waals surface area contributed by atoms with Crippen molar-refractivity contribution in [3.05, 3.63) is 59.6 Å². The molecule has 4 heterocycles. The summed E-state index contributed by atoms with van der Waals surface area (Å²) in [6, 6.07) is 7.71. The Bertz CT molecular complexity index is 2040. The van der Waals surface area contributed by atoms with Gasteiger partial charge in [0.2, 0.25) is 5.75 Å². The van der Waals surface area contributed by atoms with Crippen molar-refractivity contribution in [2.24, 2.45) is 0 Å². The van der Waals surface area contributed by atoms with E-state index >= 15 is 0 Å². The van der Waals surface area contributed by atoms with Crippen molar-refractivity contribution in [3.8, 4) is 22.9 Å². The number of amides is 1. The fourth-order valence-electron chi connectivity index (χ4n) is 6.98. The second-order valence-corrected chi connectivity index (χ2v) is 15.2. The number of anilines is 1. The highest BCUT2D eigenvalue weighted by Gasteiger charge is 2.34. The van der Waals surface area contributed by atoms with Crippen LogP contribution in [-0.4, -0.2) is 82.0 Å². The third-order valence-corrected chi connectivity index (χ3v) is 9.62. The smallest absolute Gasteiger partial charge is 0.444 e. The molecule has 1 amide bonds. The SMILES string of the molecule is CC(C)(C)OC(=O)N(CCCCOCCNc1cc(-c2cnn(C3CCCCO3)c2C#N)cc2c1cnn2C1CCCCO1)Cc1cc(F)c(OC(F)(F)F)c(F)c1. The predicted octanol–water partition coefficient (Wildman–Crippen LogP) is 8.99. The summed E-state index contributed by atoms with van der Waals surface area (Å²) in [6.45, 7) is 7.15. The molecule has 18 heteroatoms. The summed E-state index contributed by atoms with van der Waals surface area (Å²) < 4.78 is 97.1. The van der Waals surface area contributed by atoms with Crippen molar-refractivity contribution < 1.29 is 50.4 Å². The van der Waals surface area contributed by atoms with Crippen LogP contribution < -0.4 is 10.1 Å². The number of unbranched alkanes of at least 4 members (excludes halogenated alkanes) is 1. The number of hydrogen-bond donors (Lipinski definition) is 1. The van der Waals surface area contributed by atoms with E-state index in [1.165, 1.54) is 4.90 Å². The molecule has 4 aromatic rings. The van der Waals surface area contributed by atoms with E-state index in [1.54, 1.807) is 37.8 Å². The number of nitrogens with one attached hydrogen (secondary N) is 1. The molecule has 2 aromatic carbocycles. The van der Waals surface area contributed by atoms with Crippen LogP contribution in [-0.2, 0) is 25.5 Å². The Morgan fingerprint density at radius 1 is 0.948 bits per heavy atom. The molecule has 2 unspecified atom stereocenters. The van der Waals surface area contributed by atoms with Crippen molar-refractivity contribution in [2.75, 3.05) is 44.8 Å². The van der Waals surface area contributed by atoms with Crippen molar-refractivity contribution in [1.82, 2.24) is 24.5 Å². The van der Waals surface area contributed by atoms with E-state index in [0.717, 1.165) is 60.7 Å². The second kappa shape index (κ2) is 18.7. The molecule has 0 aliphatic carbocycles. The molecule has 1 N–H and O–H groups in total. The minimum atomic E-state index is -5.28. The third kappa shape index (κ3) is 10.9. The fourth-order valence-corrected chi connectivity index (χ4v) is 6.98. The van der Waals surface area contributed by atoms with E-state index in [0.29, 0.717) is 69.2 Å². The minimum Gasteiger partial charge on any atom is -0.444 e. The Labute approximate surface area is 332 Å². The monoisotopic (exact) mass is 817 g/mol. The average Bonchev–Trinajstić information content (AvgIpc) is 3.81. The van der Waals surface area contributed by atoms with E-state index in [1.807, 2.05) is 16.8 Å². The highest BCUT2D eigenvalue weighted by molar-refractivity contribution is 5.96. The first kappa shape index (κ1) is 42.6. The maximum atomic E-state index is 14.4. The van der Waals surface area contributed by atoms with E-state index in [4.69, 9.17) is 24.0 Å². The molecule has 2 aliphatic rings. The van der Waals surface area contributed by atoms with Gasteiger partial charge in [-0.1, -0.05) is 0 Å². The fraction of sp³-hybridized carbons (Fsp3) is 0.550. The zero-order valence-electron chi connectivity index (χ0n) is 32.7. The van der Waals surface area contributed by atoms with Gasteiger partial charge in [0.05, 0.1) is 24.5 Å². The maximum absolute atomic E-state index is 14.4. The number of nitriles is 1. The summed E-state index contributed by atoms with van der Waals surface area (Å²) in [5.74, 6) is -4.67. The zero-order chi connectivity index (χ0) is 41.5. The van der Waals surface area contributed by atoms with Gasteiger partial charge in [-0.25, -0.2) is 22.9 Å². The number of nitrogens with zero attached hydrogens (tertiary/aromatic N) is 6. The number of ether oxygens (including phenoxy) is 5. The van der Waals surface area contributed by atoms with Crippen molar-refractivity contribution in [2.45, 2.75) is 103 Å². The van der Waals surface area contributed by atoms with Crippen LogP contribution in [0.25, 0.3) is 22.0 Å². The predicted molar refractivity (Wildman–Crippen MR) is 202 cm³/mol. The van der Waals surface area contributed by atoms with Crippen LogP contribution in [0.5, 0.6) is 5.75 Å². The summed E-state index contributed by atoms with van der Waals surface area (Å²) in [4.78, 5) is 14.2. The van der Waals surface area contributed by atoms with Gasteiger partial charge in [-0.15, -0.1) is 13.2 Å². The van der Waals surface area contributed by atoms with Gasteiger partial charge in [0.15, 0.2) is 24.1 Å². The number of aromatic nitrogens is 4. The van der Waals surface area contributed by atoms with Gasteiger partial charge >= 0.3 is 12.5 Å². The number of carbonyl (C=O) groups excluding carboxylic acids is 1. The van der Waals surface area contributed by atoms with Crippen molar-refractivity contribution >= 4 is 22.7 Å². The molecule has 2 atom stereocenters. The standard InChI is InChI=1S/C40H48F5N7O6/c1-39(2,3)58-38(53)50(25-26-18-30(41)37(31(42)19-26)57-40(43,44)45)13-6-9-14-54-17-12-47-32-20-27(21-33-29(32)24-49-51(33)35-10-4-7-15-55-35)28-23-48-52(34(28)22-46)36-11-5-8-16-56-36/h18-21,23-24,35-36,47H,4-17,25H2,1-3H3. The lowest BCUT2D eigenvalue weighted by molar-refractivity contribution is -0.276. The normalized spacial score (nSPS) is 17.6. The molecule has 2 aliphatic heterocycles. The molecule has 58 heavy (non-hydrogen) atoms. The first-order valence-electron chi connectivity index (χ1n) is 19.5. The summed E-state index contributed by atoms with van der Waals surface area (Å²) in [6.07, 6.45) is 3.50. The van der Waals surface area contributed by atoms with E-state index in [9.17, 15) is 32.0 Å². The topological polar surface area (TPSA) is 138 Å². The molecule has 6 rings (SSSR count). The Hall–Kier alpha value is -4.99. The molecule has 0 bridgehead atoms. The minimum absolute atomic E-state index is 0.0800. The molecule has 2 aromatic heterocycles. The number of benzene rings is 2. The summed E-state index contributed by atoms with van der Waals surface area (Å²) in [5.41, 5.74) is 2.58. The Morgan fingerprint density at radius 2 is 1.62 bits per heavy atom. The van der Waals surface area contributed by atoms with Crippen LogP contribution in [0.15, 0.2) is 36.7 Å². The number of halogens is 5. The van der Waals surface area contributed by atoms with Crippen LogP contribution in [0.2, 0.25) is 0 Å². The maximum Gasteiger partial charge on any atom is 0.573 e. The first-order chi connectivity index (χ1) is 27.7. The largest absolute Gasteiger partial charge is 0.573 e. The van der Waals surface area contributed by atoms with E-state index < -0.39 is 35.4 Å². The van der Waals surface area contributed by atoms with Crippen LogP contribution in [0, 0.1) is 23.0 Å². The van der Waals surface area contributed by atoms with Gasteiger partial charge in [0.1, 0.15) is 17.4 Å². The summed E-state index contributed by atoms with van der Waals surface area (Å²) in [7, 11) is 0. The van der Waals surface area contributed by atoms with Crippen LogP contribution in [0.3, 0.4) is 0 Å². The molecular formula is C40H48F5N7O6. The Morgan fingerprint density at radius 3 is 2.24 bits per heavy atom. The van der Waals surface area contributed by atoms with Gasteiger partial charge in [-0.05, 0) is 108 Å². The molecule has 0 spiro atoms. The highest BCUT2D eigenvalue weighted by atomic mass is 19.4. The first-order valence-corrected chi connectivity index (χ1v) is 19.5. The lowest BCUT2D eigenvalue weighted by atomic mass is 10.0. The molecule has 13 nitrogen and oxygen atoms in total. The number of alkyl halides is 3. The van der Waals surface area contributed by atoms with E-state index in [2.05, 4.69) is 21.2 Å². The molecule has 2 saturated heterocycles. The van der Waals surface area contributed by atoms with Gasteiger partial charge in [-0.2, -0.15) is 15.5 Å². The summed E-state index contributed by atoms with van der Waals surface area (Å²) >= 11 is 0. The number of carbonyl (C=O) groups is 1. The van der Waals surface area contributed by atoms with Gasteiger partial charge < -0.3 is 33.9 Å². The zero-order valence-corrected chi connectivity index (χ0v) is 32.7. The number of rotatable bonds is 15. The van der Waals surface area contributed by atoms with Crippen LogP contribution in [0.4, 0.5) is 32.4 Å². The Balaban J connectivity index is 1.08. The second-order valence-electron chi connectivity index (χ2n) is 15.2. The van der Waals surface area contributed by atoms with Crippen molar-refractivity contribution in [1.29, 1.82) is 5.26 Å². The number of fused-ring (bicyclic) bond motifs is 1. The highest BCUT2D eigenvalue weighted by Crippen LogP contribution is 2.37. The van der Waals surface area contributed by atoms with Gasteiger partial charge in [0, 0.05) is 56.1 Å². The van der Waals surface area contributed by atoms with E-state index in [-0.39, 0.29) is 31.1 Å². The lowest BCUT2D eigenvalue weighted by Gasteiger charge is -2.27. The van der Waals surface area contributed by atoms with Crippen LogP contribution >= 0.6 is 0 Å². The van der Waals surface area contributed by atoms with Gasteiger partial charge in [0.25, 0.3) is 0 Å². The van der Waals surface area contributed by atoms with Crippen molar-refractivity contribution in [3.63, 3.8) is 0 Å². The molecular weight excluding hydrogens is 769 g/mol.